The van der Waals surface area contributed by atoms with Gasteiger partial charge in [0.2, 0.25) is 11.8 Å². The third-order valence-corrected chi connectivity index (χ3v) is 3.59. The lowest BCUT2D eigenvalue weighted by Gasteiger charge is -2.22. The van der Waals surface area contributed by atoms with Gasteiger partial charge in [-0.1, -0.05) is 18.2 Å². The van der Waals surface area contributed by atoms with Crippen LogP contribution in [-0.2, 0) is 16.1 Å². The minimum Gasteiger partial charge on any atom is -0.351 e. The third-order valence-electron chi connectivity index (χ3n) is 3.59. The van der Waals surface area contributed by atoms with Gasteiger partial charge in [0.15, 0.2) is 0 Å². The highest BCUT2D eigenvalue weighted by Crippen LogP contribution is 2.20. The van der Waals surface area contributed by atoms with Crippen LogP contribution < -0.4 is 10.6 Å². The number of rotatable bonds is 5. The summed E-state index contributed by atoms with van der Waals surface area (Å²) in [4.78, 5) is 28.8. The first kappa shape index (κ1) is 16.7. The van der Waals surface area contributed by atoms with Crippen molar-refractivity contribution in [2.45, 2.75) is 27.3 Å². The average molecular weight is 311 g/mol. The van der Waals surface area contributed by atoms with Gasteiger partial charge in [-0.15, -0.1) is 0 Å². The molecule has 1 aromatic carbocycles. The molecule has 0 fully saturated rings. The Morgan fingerprint density at radius 3 is 2.57 bits per heavy atom. The van der Waals surface area contributed by atoms with Gasteiger partial charge in [0.1, 0.15) is 5.41 Å². The van der Waals surface area contributed by atoms with Crippen LogP contribution in [0, 0.1) is 12.3 Å². The van der Waals surface area contributed by atoms with E-state index < -0.39 is 5.41 Å². The Bertz CT molecular complexity index is 696. The molecule has 0 aliphatic carbocycles. The average Bonchev–Trinajstić information content (AvgIpc) is 2.53. The molecule has 0 unspecified atom stereocenters. The Labute approximate surface area is 136 Å². The van der Waals surface area contributed by atoms with Crippen molar-refractivity contribution >= 4 is 17.5 Å². The molecular weight excluding hydrogens is 290 g/mol. The molecule has 2 rings (SSSR count). The molecule has 2 amide bonds. The number of carbonyl (C=O) groups is 2. The summed E-state index contributed by atoms with van der Waals surface area (Å²) in [6, 6.07) is 11.1. The molecule has 0 radical (unpaired) electrons. The zero-order chi connectivity index (χ0) is 16.9. The standard InChI is InChI=1S/C18H21N3O2/c1-13-6-4-8-15(10-13)21-17(23)18(2,3)16(22)20-12-14-7-5-9-19-11-14/h4-11H,12H2,1-3H3,(H,20,22)(H,21,23). The fourth-order valence-corrected chi connectivity index (χ4v) is 2.02. The monoisotopic (exact) mass is 311 g/mol. The molecule has 1 heterocycles. The Morgan fingerprint density at radius 1 is 1.13 bits per heavy atom. The number of hydrogen-bond donors (Lipinski definition) is 2. The molecule has 0 bridgehead atoms. The van der Waals surface area contributed by atoms with Gasteiger partial charge >= 0.3 is 0 Å². The summed E-state index contributed by atoms with van der Waals surface area (Å²) in [6.07, 6.45) is 3.35. The van der Waals surface area contributed by atoms with E-state index in [0.29, 0.717) is 12.2 Å². The van der Waals surface area contributed by atoms with Gasteiger partial charge in [0.25, 0.3) is 0 Å². The molecule has 0 aliphatic heterocycles. The number of nitrogens with one attached hydrogen (secondary N) is 2. The number of carbonyl (C=O) groups excluding carboxylic acids is 2. The van der Waals surface area contributed by atoms with Crippen LogP contribution in [0.1, 0.15) is 25.0 Å². The zero-order valence-electron chi connectivity index (χ0n) is 13.6. The lowest BCUT2D eigenvalue weighted by molar-refractivity contribution is -0.138. The smallest absolute Gasteiger partial charge is 0.239 e. The van der Waals surface area contributed by atoms with E-state index in [1.807, 2.05) is 31.2 Å². The normalized spacial score (nSPS) is 10.9. The van der Waals surface area contributed by atoms with E-state index in [4.69, 9.17) is 0 Å². The molecule has 0 aliphatic rings. The van der Waals surface area contributed by atoms with Crippen LogP contribution in [0.4, 0.5) is 5.69 Å². The number of hydrogen-bond acceptors (Lipinski definition) is 3. The maximum Gasteiger partial charge on any atom is 0.239 e. The van der Waals surface area contributed by atoms with Crippen molar-refractivity contribution in [3.05, 3.63) is 59.9 Å². The van der Waals surface area contributed by atoms with E-state index in [2.05, 4.69) is 15.6 Å². The van der Waals surface area contributed by atoms with Crippen molar-refractivity contribution in [3.8, 4) is 0 Å². The van der Waals surface area contributed by atoms with Crippen molar-refractivity contribution in [1.82, 2.24) is 10.3 Å². The third kappa shape index (κ3) is 4.39. The van der Waals surface area contributed by atoms with Crippen LogP contribution in [0.15, 0.2) is 48.8 Å². The summed E-state index contributed by atoms with van der Waals surface area (Å²) in [5.41, 5.74) is 1.44. The summed E-state index contributed by atoms with van der Waals surface area (Å²) in [6.45, 7) is 5.50. The van der Waals surface area contributed by atoms with Gasteiger partial charge in [-0.05, 0) is 50.1 Å². The van der Waals surface area contributed by atoms with E-state index in [9.17, 15) is 9.59 Å². The van der Waals surface area contributed by atoms with Crippen molar-refractivity contribution in [2.24, 2.45) is 5.41 Å². The predicted octanol–water partition coefficient (Wildman–Crippen LogP) is 2.67. The van der Waals surface area contributed by atoms with Crippen molar-refractivity contribution in [2.75, 3.05) is 5.32 Å². The fraction of sp³-hybridized carbons (Fsp3) is 0.278. The van der Waals surface area contributed by atoms with Gasteiger partial charge < -0.3 is 10.6 Å². The molecule has 120 valence electrons. The first-order valence-corrected chi connectivity index (χ1v) is 7.45. The van der Waals surface area contributed by atoms with Gasteiger partial charge in [0.05, 0.1) is 0 Å². The minimum atomic E-state index is -1.17. The highest BCUT2D eigenvalue weighted by atomic mass is 16.2. The molecule has 2 N–H and O–H groups in total. The summed E-state index contributed by atoms with van der Waals surface area (Å²) in [5.74, 6) is -0.668. The summed E-state index contributed by atoms with van der Waals surface area (Å²) < 4.78 is 0. The molecule has 0 spiro atoms. The number of aromatic nitrogens is 1. The number of aryl methyl sites for hydroxylation is 1. The van der Waals surface area contributed by atoms with E-state index in [-0.39, 0.29) is 11.8 Å². The van der Waals surface area contributed by atoms with Crippen LogP contribution in [0.3, 0.4) is 0 Å². The van der Waals surface area contributed by atoms with E-state index >= 15 is 0 Å². The molecule has 5 nitrogen and oxygen atoms in total. The molecule has 23 heavy (non-hydrogen) atoms. The van der Waals surface area contributed by atoms with Crippen molar-refractivity contribution in [1.29, 1.82) is 0 Å². The highest BCUT2D eigenvalue weighted by Gasteiger charge is 2.35. The van der Waals surface area contributed by atoms with Crippen LogP contribution in [-0.4, -0.2) is 16.8 Å². The summed E-state index contributed by atoms with van der Waals surface area (Å²) in [5, 5.41) is 5.57. The molecule has 2 aromatic rings. The van der Waals surface area contributed by atoms with Crippen LogP contribution in [0.5, 0.6) is 0 Å². The zero-order valence-corrected chi connectivity index (χ0v) is 13.6. The second-order valence-corrected chi connectivity index (χ2v) is 5.99. The van der Waals surface area contributed by atoms with Gasteiger partial charge in [0, 0.05) is 24.6 Å². The van der Waals surface area contributed by atoms with Crippen LogP contribution >= 0.6 is 0 Å². The van der Waals surface area contributed by atoms with E-state index in [1.54, 1.807) is 38.4 Å². The molecule has 0 saturated carbocycles. The van der Waals surface area contributed by atoms with E-state index in [0.717, 1.165) is 11.1 Å². The first-order valence-electron chi connectivity index (χ1n) is 7.45. The minimum absolute atomic E-state index is 0.327. The van der Waals surface area contributed by atoms with Gasteiger partial charge in [-0.25, -0.2) is 0 Å². The quantitative estimate of drug-likeness (QED) is 0.834. The van der Waals surface area contributed by atoms with Crippen molar-refractivity contribution < 1.29 is 9.59 Å². The van der Waals surface area contributed by atoms with Crippen molar-refractivity contribution in [3.63, 3.8) is 0 Å². The highest BCUT2D eigenvalue weighted by molar-refractivity contribution is 6.09. The van der Waals surface area contributed by atoms with Crippen LogP contribution in [0.2, 0.25) is 0 Å². The van der Waals surface area contributed by atoms with Gasteiger partial charge in [-0.2, -0.15) is 0 Å². The summed E-state index contributed by atoms with van der Waals surface area (Å²) in [7, 11) is 0. The maximum atomic E-state index is 12.4. The Kier molecular flexibility index (Phi) is 5.11. The van der Waals surface area contributed by atoms with Gasteiger partial charge in [-0.3, -0.25) is 14.6 Å². The Morgan fingerprint density at radius 2 is 1.91 bits per heavy atom. The Balaban J connectivity index is 1.98. The number of amides is 2. The maximum absolute atomic E-state index is 12.4. The molecular formula is C18H21N3O2. The number of nitrogens with zero attached hydrogens (tertiary/aromatic N) is 1. The SMILES string of the molecule is Cc1cccc(NC(=O)C(C)(C)C(=O)NCc2cccnc2)c1. The lowest BCUT2D eigenvalue weighted by Crippen LogP contribution is -2.44. The number of pyridine rings is 1. The predicted molar refractivity (Wildman–Crippen MR) is 89.7 cm³/mol. The topological polar surface area (TPSA) is 71.1 Å². The molecule has 0 atom stereocenters. The molecule has 0 saturated heterocycles. The molecule has 1 aromatic heterocycles. The van der Waals surface area contributed by atoms with Crippen LogP contribution in [0.25, 0.3) is 0 Å². The second-order valence-electron chi connectivity index (χ2n) is 5.99. The van der Waals surface area contributed by atoms with E-state index in [1.165, 1.54) is 0 Å². The first-order chi connectivity index (χ1) is 10.9. The second kappa shape index (κ2) is 7.05. The molecule has 5 heteroatoms. The largest absolute Gasteiger partial charge is 0.351 e. The summed E-state index contributed by atoms with van der Waals surface area (Å²) >= 11 is 0. The number of benzene rings is 1. The number of anilines is 1. The Hall–Kier alpha value is -2.69. The fourth-order valence-electron chi connectivity index (χ4n) is 2.02. The lowest BCUT2D eigenvalue weighted by atomic mass is 9.90.